The van der Waals surface area contributed by atoms with Gasteiger partial charge in [-0.25, -0.2) is 0 Å². The number of unbranched alkanes of at least 4 members (excludes halogenated alkanes) is 1. The third-order valence-corrected chi connectivity index (χ3v) is 4.07. The molecule has 1 aromatic rings. The van der Waals surface area contributed by atoms with Gasteiger partial charge in [-0.05, 0) is 30.2 Å². The first-order chi connectivity index (χ1) is 9.22. The number of hydrogen-bond donors (Lipinski definition) is 2. The summed E-state index contributed by atoms with van der Waals surface area (Å²) in [7, 11) is 0. The van der Waals surface area contributed by atoms with Crippen LogP contribution in [0.25, 0.3) is 0 Å². The summed E-state index contributed by atoms with van der Waals surface area (Å²) in [5, 5.41) is 4.18. The molecule has 6 heteroatoms. The monoisotopic (exact) mass is 353 g/mol. The standard InChI is InChI=1S/C15H24ClN3.2ClH/c1-2-3-4-15(19-9-7-18-8-10-19)13-11-12(16)5-6-14(13)17;;/h5-6,11,15,18H,2-4,7-10,17H2,1H3;2*1H/t15-;;/m1../s1. The fourth-order valence-corrected chi connectivity index (χ4v) is 2.94. The molecule has 1 aliphatic heterocycles. The van der Waals surface area contributed by atoms with Gasteiger partial charge in [-0.3, -0.25) is 4.90 Å². The van der Waals surface area contributed by atoms with Gasteiger partial charge in [-0.15, -0.1) is 24.8 Å². The molecular formula is C15H26Cl3N3. The van der Waals surface area contributed by atoms with E-state index in [0.717, 1.165) is 43.3 Å². The van der Waals surface area contributed by atoms with E-state index < -0.39 is 0 Å². The zero-order valence-corrected chi connectivity index (χ0v) is 14.9. The Balaban J connectivity index is 0.00000200. The van der Waals surface area contributed by atoms with Crippen LogP contribution < -0.4 is 11.1 Å². The summed E-state index contributed by atoms with van der Waals surface area (Å²) >= 11 is 6.15. The first-order valence-corrected chi connectivity index (χ1v) is 7.60. The molecule has 1 heterocycles. The van der Waals surface area contributed by atoms with Crippen LogP contribution >= 0.6 is 36.4 Å². The van der Waals surface area contributed by atoms with Crippen molar-refractivity contribution in [2.45, 2.75) is 32.2 Å². The molecule has 21 heavy (non-hydrogen) atoms. The topological polar surface area (TPSA) is 41.3 Å². The molecule has 0 amide bonds. The normalized spacial score (nSPS) is 16.7. The minimum Gasteiger partial charge on any atom is -0.398 e. The number of hydrogen-bond acceptors (Lipinski definition) is 3. The van der Waals surface area contributed by atoms with Gasteiger partial charge in [0.15, 0.2) is 0 Å². The van der Waals surface area contributed by atoms with E-state index in [0.29, 0.717) is 6.04 Å². The fraction of sp³-hybridized carbons (Fsp3) is 0.600. The zero-order chi connectivity index (χ0) is 13.7. The summed E-state index contributed by atoms with van der Waals surface area (Å²) in [4.78, 5) is 2.54. The van der Waals surface area contributed by atoms with Gasteiger partial charge in [0.05, 0.1) is 0 Å². The molecule has 0 unspecified atom stereocenters. The van der Waals surface area contributed by atoms with E-state index >= 15 is 0 Å². The Morgan fingerprint density at radius 1 is 1.29 bits per heavy atom. The number of rotatable bonds is 5. The van der Waals surface area contributed by atoms with Crippen LogP contribution in [0.3, 0.4) is 0 Å². The Bertz CT molecular complexity index is 409. The number of nitrogens with one attached hydrogen (secondary N) is 1. The Morgan fingerprint density at radius 2 is 1.95 bits per heavy atom. The van der Waals surface area contributed by atoms with Gasteiger partial charge in [-0.1, -0.05) is 31.4 Å². The van der Waals surface area contributed by atoms with Crippen molar-refractivity contribution in [3.63, 3.8) is 0 Å². The number of nitrogen functional groups attached to an aromatic ring is 1. The number of piperazine rings is 1. The van der Waals surface area contributed by atoms with Gasteiger partial charge < -0.3 is 11.1 Å². The highest BCUT2D eigenvalue weighted by molar-refractivity contribution is 6.30. The van der Waals surface area contributed by atoms with Gasteiger partial charge in [0.25, 0.3) is 0 Å². The molecule has 0 saturated carbocycles. The van der Waals surface area contributed by atoms with Crippen molar-refractivity contribution in [2.24, 2.45) is 0 Å². The van der Waals surface area contributed by atoms with E-state index in [1.165, 1.54) is 18.4 Å². The Kier molecular flexibility index (Phi) is 10.4. The fourth-order valence-electron chi connectivity index (χ4n) is 2.76. The van der Waals surface area contributed by atoms with Crippen molar-refractivity contribution < 1.29 is 0 Å². The van der Waals surface area contributed by atoms with Crippen molar-refractivity contribution in [1.29, 1.82) is 0 Å². The number of anilines is 1. The zero-order valence-electron chi connectivity index (χ0n) is 12.5. The Morgan fingerprint density at radius 3 is 2.57 bits per heavy atom. The molecular weight excluding hydrogens is 329 g/mol. The van der Waals surface area contributed by atoms with Gasteiger partial charge >= 0.3 is 0 Å². The molecule has 0 spiro atoms. The van der Waals surface area contributed by atoms with E-state index in [2.05, 4.69) is 17.1 Å². The minimum atomic E-state index is 0. The molecule has 0 bridgehead atoms. The Hall–Kier alpha value is -0.190. The van der Waals surface area contributed by atoms with Crippen LogP contribution in [-0.4, -0.2) is 31.1 Å². The van der Waals surface area contributed by atoms with Crippen molar-refractivity contribution in [2.75, 3.05) is 31.9 Å². The summed E-state index contributed by atoms with van der Waals surface area (Å²) in [5.74, 6) is 0. The molecule has 0 aliphatic carbocycles. The molecule has 122 valence electrons. The average molecular weight is 355 g/mol. The van der Waals surface area contributed by atoms with Gasteiger partial charge in [-0.2, -0.15) is 0 Å². The molecule has 1 fully saturated rings. The van der Waals surface area contributed by atoms with Gasteiger partial charge in [0.2, 0.25) is 0 Å². The maximum absolute atomic E-state index is 6.17. The molecule has 1 atom stereocenters. The average Bonchev–Trinajstić information content (AvgIpc) is 2.44. The summed E-state index contributed by atoms with van der Waals surface area (Å²) < 4.78 is 0. The molecule has 0 aromatic heterocycles. The minimum absolute atomic E-state index is 0. The summed E-state index contributed by atoms with van der Waals surface area (Å²) in [6.45, 7) is 6.52. The predicted molar refractivity (Wildman–Crippen MR) is 97.1 cm³/mol. The van der Waals surface area contributed by atoms with E-state index in [1.54, 1.807) is 0 Å². The second-order valence-electron chi connectivity index (χ2n) is 5.22. The number of halogens is 3. The van der Waals surface area contributed by atoms with Crippen LogP contribution in [0.1, 0.15) is 37.8 Å². The van der Waals surface area contributed by atoms with E-state index in [1.807, 2.05) is 18.2 Å². The number of benzene rings is 1. The molecule has 1 saturated heterocycles. The molecule has 3 N–H and O–H groups in total. The third kappa shape index (κ3) is 5.84. The van der Waals surface area contributed by atoms with Crippen LogP contribution in [0.15, 0.2) is 18.2 Å². The van der Waals surface area contributed by atoms with Crippen LogP contribution in [0.5, 0.6) is 0 Å². The lowest BCUT2D eigenvalue weighted by Gasteiger charge is -2.36. The van der Waals surface area contributed by atoms with Crippen molar-refractivity contribution >= 4 is 42.1 Å². The summed E-state index contributed by atoms with van der Waals surface area (Å²) in [6, 6.07) is 6.24. The largest absolute Gasteiger partial charge is 0.398 e. The van der Waals surface area contributed by atoms with Crippen LogP contribution in [0.4, 0.5) is 5.69 Å². The molecule has 1 aromatic carbocycles. The second kappa shape index (κ2) is 10.5. The van der Waals surface area contributed by atoms with Crippen molar-refractivity contribution in [1.82, 2.24) is 10.2 Å². The van der Waals surface area contributed by atoms with Crippen molar-refractivity contribution in [3.05, 3.63) is 28.8 Å². The summed E-state index contributed by atoms with van der Waals surface area (Å²) in [6.07, 6.45) is 3.59. The third-order valence-electron chi connectivity index (χ3n) is 3.83. The smallest absolute Gasteiger partial charge is 0.0410 e. The lowest BCUT2D eigenvalue weighted by atomic mass is 9.97. The maximum atomic E-state index is 6.17. The van der Waals surface area contributed by atoms with Gasteiger partial charge in [0.1, 0.15) is 0 Å². The highest BCUT2D eigenvalue weighted by Gasteiger charge is 2.23. The number of nitrogens with zero attached hydrogens (tertiary/aromatic N) is 1. The molecule has 0 radical (unpaired) electrons. The quantitative estimate of drug-likeness (QED) is 0.788. The lowest BCUT2D eigenvalue weighted by molar-refractivity contribution is 0.163. The Labute approximate surface area is 145 Å². The van der Waals surface area contributed by atoms with E-state index in [-0.39, 0.29) is 24.8 Å². The highest BCUT2D eigenvalue weighted by Crippen LogP contribution is 2.32. The SMILES string of the molecule is CCCC[C@H](c1cc(Cl)ccc1N)N1CCNCC1.Cl.Cl. The lowest BCUT2D eigenvalue weighted by Crippen LogP contribution is -2.45. The van der Waals surface area contributed by atoms with Crippen molar-refractivity contribution in [3.8, 4) is 0 Å². The van der Waals surface area contributed by atoms with Crippen LogP contribution in [0.2, 0.25) is 5.02 Å². The summed E-state index contributed by atoms with van der Waals surface area (Å²) in [5.41, 5.74) is 8.23. The predicted octanol–water partition coefficient (Wildman–Crippen LogP) is 3.90. The van der Waals surface area contributed by atoms with E-state index in [4.69, 9.17) is 17.3 Å². The first kappa shape index (κ1) is 20.8. The van der Waals surface area contributed by atoms with Gasteiger partial charge in [0, 0.05) is 42.9 Å². The highest BCUT2D eigenvalue weighted by atomic mass is 35.5. The first-order valence-electron chi connectivity index (χ1n) is 7.22. The van der Waals surface area contributed by atoms with Crippen LogP contribution in [0, 0.1) is 0 Å². The molecule has 3 nitrogen and oxygen atoms in total. The number of nitrogens with two attached hydrogens (primary N) is 1. The maximum Gasteiger partial charge on any atom is 0.0410 e. The van der Waals surface area contributed by atoms with Crippen LogP contribution in [-0.2, 0) is 0 Å². The second-order valence-corrected chi connectivity index (χ2v) is 5.65. The molecule has 2 rings (SSSR count). The molecule has 1 aliphatic rings. The van der Waals surface area contributed by atoms with E-state index in [9.17, 15) is 0 Å².